The van der Waals surface area contributed by atoms with Gasteiger partial charge in [0.05, 0.1) is 0 Å². The van der Waals surface area contributed by atoms with Gasteiger partial charge < -0.3 is 0 Å². The Balaban J connectivity index is 2.07. The first-order chi connectivity index (χ1) is 9.75. The number of benzene rings is 2. The van der Waals surface area contributed by atoms with Gasteiger partial charge in [0, 0.05) is 0 Å². The van der Waals surface area contributed by atoms with E-state index in [1.165, 1.54) is 31.2 Å². The standard InChI is InChI=1S/C20H24/c1-3-20(2,17-12-5-4-6-13-17)19-15-9-11-16-10-7-8-14-18(16)19/h4-8,10,12-14,19H,3,9,11,15H2,1-2H3. The van der Waals surface area contributed by atoms with E-state index in [0.29, 0.717) is 5.92 Å². The Hall–Kier alpha value is -1.56. The Morgan fingerprint density at radius 2 is 1.70 bits per heavy atom. The summed E-state index contributed by atoms with van der Waals surface area (Å²) in [5, 5.41) is 0. The largest absolute Gasteiger partial charge is 0.0645 e. The molecule has 0 nitrogen and oxygen atoms in total. The molecule has 104 valence electrons. The van der Waals surface area contributed by atoms with Crippen molar-refractivity contribution in [1.29, 1.82) is 0 Å². The molecule has 0 radical (unpaired) electrons. The number of aryl methyl sites for hydroxylation is 1. The van der Waals surface area contributed by atoms with Gasteiger partial charge in [0.1, 0.15) is 0 Å². The lowest BCUT2D eigenvalue weighted by Crippen LogP contribution is -2.32. The third-order valence-corrected chi connectivity index (χ3v) is 5.31. The van der Waals surface area contributed by atoms with Crippen LogP contribution in [0.4, 0.5) is 0 Å². The molecule has 2 atom stereocenters. The average Bonchev–Trinajstić information content (AvgIpc) is 2.54. The smallest absolute Gasteiger partial charge is 0.000917 e. The lowest BCUT2D eigenvalue weighted by molar-refractivity contribution is 0.327. The normalized spacial score (nSPS) is 21.0. The van der Waals surface area contributed by atoms with Gasteiger partial charge in [0.15, 0.2) is 0 Å². The van der Waals surface area contributed by atoms with E-state index in [4.69, 9.17) is 0 Å². The molecule has 0 heteroatoms. The van der Waals surface area contributed by atoms with E-state index in [-0.39, 0.29) is 5.41 Å². The van der Waals surface area contributed by atoms with E-state index >= 15 is 0 Å². The highest BCUT2D eigenvalue weighted by molar-refractivity contribution is 5.39. The minimum Gasteiger partial charge on any atom is -0.0645 e. The van der Waals surface area contributed by atoms with Gasteiger partial charge in [0.2, 0.25) is 0 Å². The number of hydrogen-bond donors (Lipinski definition) is 0. The van der Waals surface area contributed by atoms with Crippen molar-refractivity contribution < 1.29 is 0 Å². The Bertz CT molecular complexity index is 570. The molecule has 0 fully saturated rings. The van der Waals surface area contributed by atoms with E-state index in [9.17, 15) is 0 Å². The van der Waals surface area contributed by atoms with Crippen molar-refractivity contribution in [1.82, 2.24) is 0 Å². The Labute approximate surface area is 122 Å². The summed E-state index contributed by atoms with van der Waals surface area (Å²) in [4.78, 5) is 0. The molecule has 0 N–H and O–H groups in total. The van der Waals surface area contributed by atoms with Crippen LogP contribution in [0.3, 0.4) is 0 Å². The minimum absolute atomic E-state index is 0.248. The molecular weight excluding hydrogens is 240 g/mol. The molecule has 3 rings (SSSR count). The number of hydrogen-bond acceptors (Lipinski definition) is 0. The van der Waals surface area contributed by atoms with E-state index in [0.717, 1.165) is 0 Å². The molecule has 0 aromatic heterocycles. The van der Waals surface area contributed by atoms with Crippen molar-refractivity contribution in [2.45, 2.75) is 50.9 Å². The molecule has 2 aromatic rings. The summed E-state index contributed by atoms with van der Waals surface area (Å²) in [7, 11) is 0. The fraction of sp³-hybridized carbons (Fsp3) is 0.400. The Kier molecular flexibility index (Phi) is 3.65. The van der Waals surface area contributed by atoms with Gasteiger partial charge in [-0.2, -0.15) is 0 Å². The van der Waals surface area contributed by atoms with Crippen molar-refractivity contribution in [2.75, 3.05) is 0 Å². The fourth-order valence-electron chi connectivity index (χ4n) is 3.89. The lowest BCUT2D eigenvalue weighted by Gasteiger charge is -2.41. The Morgan fingerprint density at radius 1 is 1.00 bits per heavy atom. The molecule has 1 aliphatic carbocycles. The van der Waals surface area contributed by atoms with Crippen LogP contribution in [0.5, 0.6) is 0 Å². The van der Waals surface area contributed by atoms with Crippen LogP contribution < -0.4 is 0 Å². The highest BCUT2D eigenvalue weighted by Gasteiger charge is 2.37. The maximum atomic E-state index is 2.45. The molecule has 1 aliphatic rings. The lowest BCUT2D eigenvalue weighted by atomic mass is 9.63. The summed E-state index contributed by atoms with van der Waals surface area (Å²) in [6.45, 7) is 4.79. The first-order valence-corrected chi connectivity index (χ1v) is 7.89. The molecule has 2 unspecified atom stereocenters. The zero-order valence-electron chi connectivity index (χ0n) is 12.6. The quantitative estimate of drug-likeness (QED) is 0.689. The average molecular weight is 264 g/mol. The molecular formula is C20H24. The van der Waals surface area contributed by atoms with Crippen molar-refractivity contribution in [3.05, 3.63) is 71.3 Å². The van der Waals surface area contributed by atoms with Crippen LogP contribution in [0.1, 0.15) is 55.7 Å². The third kappa shape index (κ3) is 2.18. The van der Waals surface area contributed by atoms with Crippen molar-refractivity contribution in [2.24, 2.45) is 0 Å². The molecule has 0 bridgehead atoms. The maximum Gasteiger partial charge on any atom is -0.000917 e. The van der Waals surface area contributed by atoms with E-state index in [2.05, 4.69) is 68.4 Å². The zero-order chi connectivity index (χ0) is 14.0. The predicted octanol–water partition coefficient (Wildman–Crippen LogP) is 5.47. The number of rotatable bonds is 3. The summed E-state index contributed by atoms with van der Waals surface area (Å²) in [6, 6.07) is 20.2. The van der Waals surface area contributed by atoms with Gasteiger partial charge in [-0.05, 0) is 53.7 Å². The molecule has 20 heavy (non-hydrogen) atoms. The second-order valence-electron chi connectivity index (χ2n) is 6.28. The summed E-state index contributed by atoms with van der Waals surface area (Å²) in [5.41, 5.74) is 4.90. The Morgan fingerprint density at radius 3 is 2.45 bits per heavy atom. The first-order valence-electron chi connectivity index (χ1n) is 7.89. The molecule has 0 heterocycles. The van der Waals surface area contributed by atoms with Crippen LogP contribution >= 0.6 is 0 Å². The highest BCUT2D eigenvalue weighted by atomic mass is 14.4. The van der Waals surface area contributed by atoms with Crippen molar-refractivity contribution in [3.63, 3.8) is 0 Å². The first kappa shape index (κ1) is 13.4. The van der Waals surface area contributed by atoms with Gasteiger partial charge in [-0.3, -0.25) is 0 Å². The minimum atomic E-state index is 0.248. The van der Waals surface area contributed by atoms with Crippen molar-refractivity contribution >= 4 is 0 Å². The van der Waals surface area contributed by atoms with Crippen LogP contribution in [-0.2, 0) is 11.8 Å². The highest BCUT2D eigenvalue weighted by Crippen LogP contribution is 2.47. The van der Waals surface area contributed by atoms with Crippen LogP contribution in [-0.4, -0.2) is 0 Å². The van der Waals surface area contributed by atoms with Gasteiger partial charge >= 0.3 is 0 Å². The van der Waals surface area contributed by atoms with Crippen LogP contribution in [0.15, 0.2) is 54.6 Å². The summed E-state index contributed by atoms with van der Waals surface area (Å²) in [6.07, 6.45) is 5.08. The second kappa shape index (κ2) is 5.44. The molecule has 0 aliphatic heterocycles. The number of fused-ring (bicyclic) bond motifs is 1. The molecule has 0 amide bonds. The zero-order valence-corrected chi connectivity index (χ0v) is 12.6. The van der Waals surface area contributed by atoms with Crippen molar-refractivity contribution in [3.8, 4) is 0 Å². The molecule has 0 saturated heterocycles. The van der Waals surface area contributed by atoms with E-state index in [1.807, 2.05) is 0 Å². The topological polar surface area (TPSA) is 0 Å². The fourth-order valence-corrected chi connectivity index (χ4v) is 3.89. The summed E-state index contributed by atoms with van der Waals surface area (Å²) in [5.74, 6) is 0.653. The van der Waals surface area contributed by atoms with Gasteiger partial charge in [-0.15, -0.1) is 0 Å². The summed E-state index contributed by atoms with van der Waals surface area (Å²) >= 11 is 0. The van der Waals surface area contributed by atoms with Gasteiger partial charge in [-0.1, -0.05) is 68.4 Å². The molecule has 0 saturated carbocycles. The van der Waals surface area contributed by atoms with Crippen LogP contribution in [0.25, 0.3) is 0 Å². The summed E-state index contributed by atoms with van der Waals surface area (Å²) < 4.78 is 0. The van der Waals surface area contributed by atoms with Crippen LogP contribution in [0.2, 0.25) is 0 Å². The monoisotopic (exact) mass is 264 g/mol. The second-order valence-corrected chi connectivity index (χ2v) is 6.28. The predicted molar refractivity (Wildman–Crippen MR) is 86.2 cm³/mol. The maximum absolute atomic E-state index is 2.45. The van der Waals surface area contributed by atoms with Gasteiger partial charge in [0.25, 0.3) is 0 Å². The van der Waals surface area contributed by atoms with E-state index < -0.39 is 0 Å². The van der Waals surface area contributed by atoms with Crippen LogP contribution in [0, 0.1) is 0 Å². The SMILES string of the molecule is CCC(C)(c1ccccc1)C1CCCc2ccccc21. The molecule has 0 spiro atoms. The van der Waals surface area contributed by atoms with Gasteiger partial charge in [-0.25, -0.2) is 0 Å². The molecule has 2 aromatic carbocycles. The third-order valence-electron chi connectivity index (χ3n) is 5.31. The van der Waals surface area contributed by atoms with E-state index in [1.54, 1.807) is 11.1 Å².